The van der Waals surface area contributed by atoms with Crippen LogP contribution >= 0.6 is 0 Å². The molecule has 0 N–H and O–H groups in total. The number of hydrogen-bond donors (Lipinski definition) is 0. The summed E-state index contributed by atoms with van der Waals surface area (Å²) in [6, 6.07) is 6.23. The zero-order chi connectivity index (χ0) is 13.1. The molecule has 2 rings (SSSR count). The van der Waals surface area contributed by atoms with E-state index in [1.807, 2.05) is 13.1 Å². The van der Waals surface area contributed by atoms with E-state index in [-0.39, 0.29) is 5.91 Å². The van der Waals surface area contributed by atoms with Crippen molar-refractivity contribution >= 4 is 12.0 Å². The lowest BCUT2D eigenvalue weighted by atomic mass is 9.95. The van der Waals surface area contributed by atoms with E-state index in [1.54, 1.807) is 4.90 Å². The van der Waals surface area contributed by atoms with Gasteiger partial charge < -0.3 is 4.90 Å². The van der Waals surface area contributed by atoms with Crippen molar-refractivity contribution in [2.45, 2.75) is 26.7 Å². The molecule has 1 atom stereocenters. The van der Waals surface area contributed by atoms with E-state index < -0.39 is 0 Å². The van der Waals surface area contributed by atoms with E-state index >= 15 is 0 Å². The highest BCUT2D eigenvalue weighted by molar-refractivity contribution is 5.98. The third-order valence-corrected chi connectivity index (χ3v) is 3.65. The molecule has 0 fully saturated rings. The van der Waals surface area contributed by atoms with Gasteiger partial charge in [-0.3, -0.25) is 4.79 Å². The molecule has 2 nitrogen and oxygen atoms in total. The number of hydrogen-bond acceptors (Lipinski definition) is 1. The minimum Gasteiger partial charge on any atom is -0.338 e. The van der Waals surface area contributed by atoms with Crippen LogP contribution in [0.4, 0.5) is 0 Å². The van der Waals surface area contributed by atoms with Crippen LogP contribution in [0.15, 0.2) is 24.3 Å². The van der Waals surface area contributed by atoms with Crippen molar-refractivity contribution in [3.8, 4) is 0 Å². The number of benzene rings is 1. The molecule has 0 radical (unpaired) electrons. The van der Waals surface area contributed by atoms with E-state index in [0.717, 1.165) is 17.5 Å². The summed E-state index contributed by atoms with van der Waals surface area (Å²) in [5.74, 6) is 0.807. The molecule has 1 aliphatic heterocycles. The van der Waals surface area contributed by atoms with Gasteiger partial charge in [-0.2, -0.15) is 0 Å². The van der Waals surface area contributed by atoms with Crippen LogP contribution in [-0.4, -0.2) is 24.4 Å². The number of rotatable bonds is 3. The fourth-order valence-electron chi connectivity index (χ4n) is 2.24. The topological polar surface area (TPSA) is 20.3 Å². The van der Waals surface area contributed by atoms with Crippen molar-refractivity contribution in [1.82, 2.24) is 4.90 Å². The predicted octanol–water partition coefficient (Wildman–Crippen LogP) is 3.37. The Morgan fingerprint density at radius 1 is 1.39 bits per heavy atom. The van der Waals surface area contributed by atoms with Gasteiger partial charge in [0.25, 0.3) is 5.91 Å². The van der Waals surface area contributed by atoms with Crippen molar-refractivity contribution in [1.29, 1.82) is 0 Å². The van der Waals surface area contributed by atoms with Gasteiger partial charge in [-0.05, 0) is 29.5 Å². The summed E-state index contributed by atoms with van der Waals surface area (Å²) in [5.41, 5.74) is 3.20. The summed E-state index contributed by atoms with van der Waals surface area (Å²) in [6.07, 6.45) is 6.39. The van der Waals surface area contributed by atoms with Crippen molar-refractivity contribution in [3.63, 3.8) is 0 Å². The normalized spacial score (nSPS) is 16.4. The van der Waals surface area contributed by atoms with E-state index in [4.69, 9.17) is 0 Å². The number of carbonyl (C=O) groups is 1. The van der Waals surface area contributed by atoms with E-state index in [2.05, 4.69) is 38.1 Å². The maximum Gasteiger partial charge on any atom is 0.254 e. The van der Waals surface area contributed by atoms with Crippen molar-refractivity contribution in [3.05, 3.63) is 41.0 Å². The Labute approximate surface area is 109 Å². The summed E-state index contributed by atoms with van der Waals surface area (Å²) in [5, 5.41) is 0. The maximum absolute atomic E-state index is 12.1. The second-order valence-corrected chi connectivity index (χ2v) is 5.23. The summed E-state index contributed by atoms with van der Waals surface area (Å²) < 4.78 is 0. The summed E-state index contributed by atoms with van der Waals surface area (Å²) in [4.78, 5) is 13.9. The van der Waals surface area contributed by atoms with Gasteiger partial charge in [-0.15, -0.1) is 0 Å². The first-order valence-corrected chi connectivity index (χ1v) is 6.66. The molecule has 0 bridgehead atoms. The Bertz CT molecular complexity index is 476. The standard InChI is InChI=1S/C16H21NO/c1-4-12(2)10-13-7-8-15-14(11-13)6-5-9-17(3)16(15)18/h5-8,11-12H,4,9-10H2,1-3H3. The molecule has 1 amide bonds. The van der Waals surface area contributed by atoms with Gasteiger partial charge in [0, 0.05) is 19.2 Å². The van der Waals surface area contributed by atoms with Gasteiger partial charge >= 0.3 is 0 Å². The smallest absolute Gasteiger partial charge is 0.254 e. The zero-order valence-corrected chi connectivity index (χ0v) is 11.4. The highest BCUT2D eigenvalue weighted by Gasteiger charge is 2.17. The molecule has 1 unspecified atom stereocenters. The molecule has 1 aliphatic rings. The average molecular weight is 243 g/mol. The Morgan fingerprint density at radius 3 is 2.89 bits per heavy atom. The van der Waals surface area contributed by atoms with Gasteiger partial charge in [0.1, 0.15) is 0 Å². The molecular weight excluding hydrogens is 222 g/mol. The third-order valence-electron chi connectivity index (χ3n) is 3.65. The highest BCUT2D eigenvalue weighted by atomic mass is 16.2. The molecule has 96 valence electrons. The van der Waals surface area contributed by atoms with Crippen molar-refractivity contribution in [2.24, 2.45) is 5.92 Å². The maximum atomic E-state index is 12.1. The van der Waals surface area contributed by atoms with E-state index in [9.17, 15) is 4.79 Å². The Morgan fingerprint density at radius 2 is 2.17 bits per heavy atom. The fourth-order valence-corrected chi connectivity index (χ4v) is 2.24. The Balaban J connectivity index is 2.31. The fraction of sp³-hybridized carbons (Fsp3) is 0.438. The lowest BCUT2D eigenvalue weighted by Gasteiger charge is -2.15. The average Bonchev–Trinajstić information content (AvgIpc) is 2.50. The number of nitrogens with zero attached hydrogens (tertiary/aromatic N) is 1. The van der Waals surface area contributed by atoms with Crippen LogP contribution in [-0.2, 0) is 6.42 Å². The minimum atomic E-state index is 0.116. The second kappa shape index (κ2) is 5.38. The van der Waals surface area contributed by atoms with Crippen LogP contribution in [0.5, 0.6) is 0 Å². The van der Waals surface area contributed by atoms with E-state index in [0.29, 0.717) is 12.5 Å². The lowest BCUT2D eigenvalue weighted by molar-refractivity contribution is 0.0811. The van der Waals surface area contributed by atoms with Gasteiger partial charge in [0.05, 0.1) is 0 Å². The number of carbonyl (C=O) groups excluding carboxylic acids is 1. The van der Waals surface area contributed by atoms with Gasteiger partial charge in [-0.1, -0.05) is 44.6 Å². The number of amides is 1. The molecule has 2 heteroatoms. The summed E-state index contributed by atoms with van der Waals surface area (Å²) in [6.45, 7) is 5.17. The second-order valence-electron chi connectivity index (χ2n) is 5.23. The largest absolute Gasteiger partial charge is 0.338 e. The first-order chi connectivity index (χ1) is 8.61. The van der Waals surface area contributed by atoms with Crippen molar-refractivity contribution in [2.75, 3.05) is 13.6 Å². The summed E-state index contributed by atoms with van der Waals surface area (Å²) >= 11 is 0. The Kier molecular flexibility index (Phi) is 3.85. The number of likely N-dealkylation sites (N-methyl/N-ethyl adjacent to an activating group) is 1. The molecule has 1 aromatic carbocycles. The predicted molar refractivity (Wildman–Crippen MR) is 75.6 cm³/mol. The molecule has 1 aromatic rings. The summed E-state index contributed by atoms with van der Waals surface area (Å²) in [7, 11) is 1.84. The van der Waals surface area contributed by atoms with Crippen LogP contribution in [0.2, 0.25) is 0 Å². The molecule has 0 aromatic heterocycles. The monoisotopic (exact) mass is 243 g/mol. The molecular formula is C16H21NO. The molecule has 0 aliphatic carbocycles. The van der Waals surface area contributed by atoms with Crippen LogP contribution in [0, 0.1) is 5.92 Å². The lowest BCUT2D eigenvalue weighted by Crippen LogP contribution is -2.26. The number of fused-ring (bicyclic) bond motifs is 1. The quantitative estimate of drug-likeness (QED) is 0.797. The highest BCUT2D eigenvalue weighted by Crippen LogP contribution is 2.20. The molecule has 18 heavy (non-hydrogen) atoms. The van der Waals surface area contributed by atoms with E-state index in [1.165, 1.54) is 12.0 Å². The SMILES string of the molecule is CCC(C)Cc1ccc2c(c1)C=CCN(C)C2=O. The molecule has 0 saturated heterocycles. The first kappa shape index (κ1) is 12.9. The van der Waals surface area contributed by atoms with Gasteiger partial charge in [0.15, 0.2) is 0 Å². The molecule has 0 spiro atoms. The van der Waals surface area contributed by atoms with Crippen molar-refractivity contribution < 1.29 is 4.79 Å². The minimum absolute atomic E-state index is 0.116. The van der Waals surface area contributed by atoms with Gasteiger partial charge in [0.2, 0.25) is 0 Å². The van der Waals surface area contributed by atoms with Gasteiger partial charge in [-0.25, -0.2) is 0 Å². The van der Waals surface area contributed by atoms with Crippen LogP contribution in [0.3, 0.4) is 0 Å². The first-order valence-electron chi connectivity index (χ1n) is 6.66. The third kappa shape index (κ3) is 2.63. The van der Waals surface area contributed by atoms with Crippen LogP contribution < -0.4 is 0 Å². The molecule has 0 saturated carbocycles. The Hall–Kier alpha value is -1.57. The van der Waals surface area contributed by atoms with Crippen LogP contribution in [0.25, 0.3) is 6.08 Å². The van der Waals surface area contributed by atoms with Crippen LogP contribution in [0.1, 0.15) is 41.8 Å². The zero-order valence-electron chi connectivity index (χ0n) is 11.4. The molecule has 1 heterocycles.